The van der Waals surface area contributed by atoms with Gasteiger partial charge in [0, 0.05) is 0 Å². The molecular formula is C4H3N5O3. The number of H-pyrrole nitrogens is 1. The van der Waals surface area contributed by atoms with Crippen molar-refractivity contribution in [2.45, 2.75) is 0 Å². The molecule has 8 nitrogen and oxygen atoms in total. The van der Waals surface area contributed by atoms with Gasteiger partial charge >= 0.3 is 0 Å². The maximum Gasteiger partial charge on any atom is 0.294 e. The Morgan fingerprint density at radius 1 is 1.50 bits per heavy atom. The van der Waals surface area contributed by atoms with Crippen molar-refractivity contribution in [3.63, 3.8) is 0 Å². The second-order valence-corrected chi connectivity index (χ2v) is 1.96. The maximum atomic E-state index is 10.9. The van der Waals surface area contributed by atoms with E-state index in [2.05, 4.69) is 24.9 Å². The third kappa shape index (κ3) is 0.820. The van der Waals surface area contributed by atoms with Crippen LogP contribution in [-0.4, -0.2) is 25.5 Å². The Hall–Kier alpha value is -1.96. The summed E-state index contributed by atoms with van der Waals surface area (Å²) in [6.45, 7) is 0. The van der Waals surface area contributed by atoms with Crippen LogP contribution in [-0.2, 0) is 0 Å². The zero-order valence-electron chi connectivity index (χ0n) is 5.61. The molecule has 62 valence electrons. The minimum atomic E-state index is -0.597. The molecule has 8 heteroatoms. The predicted molar refractivity (Wildman–Crippen MR) is 35.6 cm³/mol. The normalized spacial score (nSPS) is 10.4. The number of anilines is 1. The number of nitrogens with zero attached hydrogens (tertiary/aromatic N) is 3. The number of nitrogens with one attached hydrogen (secondary N) is 2. The van der Waals surface area contributed by atoms with E-state index in [-0.39, 0.29) is 17.1 Å². The summed E-state index contributed by atoms with van der Waals surface area (Å²) in [7, 11) is 0. The lowest BCUT2D eigenvalue weighted by molar-refractivity contribution is 0.314. The molecule has 0 aliphatic rings. The van der Waals surface area contributed by atoms with Gasteiger partial charge in [-0.2, -0.15) is 4.98 Å². The largest absolute Gasteiger partial charge is 0.298 e. The molecule has 2 rings (SSSR count). The fraction of sp³-hybridized carbons (Fsp3) is 0. The number of fused-ring (bicyclic) bond motifs is 1. The van der Waals surface area contributed by atoms with E-state index in [1.807, 2.05) is 0 Å². The molecule has 0 aromatic carbocycles. The highest BCUT2D eigenvalue weighted by Crippen LogP contribution is 2.00. The molecule has 12 heavy (non-hydrogen) atoms. The molecule has 0 aliphatic carbocycles. The quantitative estimate of drug-likeness (QED) is 0.474. The van der Waals surface area contributed by atoms with Gasteiger partial charge in [0.15, 0.2) is 0 Å². The summed E-state index contributed by atoms with van der Waals surface area (Å²) in [4.78, 5) is 16.8. The van der Waals surface area contributed by atoms with Crippen molar-refractivity contribution in [2.24, 2.45) is 0 Å². The van der Waals surface area contributed by atoms with Gasteiger partial charge in [0.25, 0.3) is 5.56 Å². The van der Waals surface area contributed by atoms with Crippen LogP contribution < -0.4 is 11.0 Å². The number of aromatic amines is 1. The highest BCUT2D eigenvalue weighted by molar-refractivity contribution is 5.64. The lowest BCUT2D eigenvalue weighted by atomic mass is 10.6. The van der Waals surface area contributed by atoms with E-state index in [1.165, 1.54) is 0 Å². The summed E-state index contributed by atoms with van der Waals surface area (Å²) in [5.74, 6) is -0.252. The summed E-state index contributed by atoms with van der Waals surface area (Å²) >= 11 is 0. The molecule has 0 bridgehead atoms. The first kappa shape index (κ1) is 6.73. The van der Waals surface area contributed by atoms with Gasteiger partial charge in [-0.3, -0.25) is 15.0 Å². The van der Waals surface area contributed by atoms with Crippen LogP contribution in [0.3, 0.4) is 0 Å². The summed E-state index contributed by atoms with van der Waals surface area (Å²) in [6, 6.07) is 0. The Balaban J connectivity index is 2.82. The van der Waals surface area contributed by atoms with Crippen LogP contribution in [0.25, 0.3) is 11.3 Å². The average molecular weight is 169 g/mol. The summed E-state index contributed by atoms with van der Waals surface area (Å²) in [5, 5.41) is 15.1. The van der Waals surface area contributed by atoms with Crippen LogP contribution in [0.2, 0.25) is 0 Å². The molecule has 0 atom stereocenters. The SMILES string of the molecule is O=c1[nH]c2nonc2nc1NO. The molecule has 2 aromatic heterocycles. The first-order valence-electron chi connectivity index (χ1n) is 2.94. The molecule has 0 saturated heterocycles. The van der Waals surface area contributed by atoms with Gasteiger partial charge in [-0.25, -0.2) is 10.1 Å². The average Bonchev–Trinajstić information content (AvgIpc) is 2.49. The molecule has 0 unspecified atom stereocenters. The van der Waals surface area contributed by atoms with Crippen molar-refractivity contribution in [3.05, 3.63) is 10.4 Å². The van der Waals surface area contributed by atoms with E-state index in [9.17, 15) is 4.79 Å². The van der Waals surface area contributed by atoms with Crippen molar-refractivity contribution in [3.8, 4) is 0 Å². The predicted octanol–water partition coefficient (Wildman–Crippen LogP) is -0.893. The van der Waals surface area contributed by atoms with E-state index >= 15 is 0 Å². The van der Waals surface area contributed by atoms with Gasteiger partial charge in [-0.1, -0.05) is 0 Å². The molecule has 0 aliphatic heterocycles. The molecule has 0 spiro atoms. The number of hydrogen-bond acceptors (Lipinski definition) is 7. The third-order valence-corrected chi connectivity index (χ3v) is 1.24. The molecule has 3 N–H and O–H groups in total. The number of aromatic nitrogens is 4. The summed E-state index contributed by atoms with van der Waals surface area (Å²) in [6.07, 6.45) is 0. The third-order valence-electron chi connectivity index (χ3n) is 1.24. The minimum Gasteiger partial charge on any atom is -0.298 e. The fourth-order valence-electron chi connectivity index (χ4n) is 0.735. The Kier molecular flexibility index (Phi) is 1.27. The van der Waals surface area contributed by atoms with Crippen molar-refractivity contribution < 1.29 is 9.84 Å². The fourth-order valence-corrected chi connectivity index (χ4v) is 0.735. The molecule has 0 radical (unpaired) electrons. The monoisotopic (exact) mass is 169 g/mol. The van der Waals surface area contributed by atoms with E-state index < -0.39 is 5.56 Å². The Morgan fingerprint density at radius 2 is 2.33 bits per heavy atom. The van der Waals surface area contributed by atoms with Crippen molar-refractivity contribution in [1.29, 1.82) is 0 Å². The van der Waals surface area contributed by atoms with Gasteiger partial charge < -0.3 is 0 Å². The minimum absolute atomic E-state index is 0.117. The summed E-state index contributed by atoms with van der Waals surface area (Å²) < 4.78 is 4.28. The molecule has 0 saturated carbocycles. The molecule has 2 heterocycles. The molecular weight excluding hydrogens is 166 g/mol. The van der Waals surface area contributed by atoms with Crippen molar-refractivity contribution >= 4 is 17.1 Å². The van der Waals surface area contributed by atoms with E-state index in [4.69, 9.17) is 5.21 Å². The maximum absolute atomic E-state index is 10.9. The van der Waals surface area contributed by atoms with Gasteiger partial charge in [0.2, 0.25) is 17.1 Å². The first-order chi connectivity index (χ1) is 5.81. The molecule has 0 amide bonds. The van der Waals surface area contributed by atoms with Crippen LogP contribution in [0.15, 0.2) is 9.42 Å². The topological polar surface area (TPSA) is 117 Å². The van der Waals surface area contributed by atoms with Crippen molar-refractivity contribution in [1.82, 2.24) is 20.3 Å². The second kappa shape index (κ2) is 2.27. The van der Waals surface area contributed by atoms with Gasteiger partial charge in [0.1, 0.15) is 0 Å². The highest BCUT2D eigenvalue weighted by Gasteiger charge is 2.06. The van der Waals surface area contributed by atoms with Crippen LogP contribution in [0.5, 0.6) is 0 Å². The zero-order valence-corrected chi connectivity index (χ0v) is 5.61. The van der Waals surface area contributed by atoms with Crippen LogP contribution in [0, 0.1) is 0 Å². The van der Waals surface area contributed by atoms with E-state index in [0.29, 0.717) is 0 Å². The van der Waals surface area contributed by atoms with Crippen LogP contribution in [0.1, 0.15) is 0 Å². The van der Waals surface area contributed by atoms with E-state index in [0.717, 1.165) is 0 Å². The standard InChI is InChI=1S/C4H3N5O3/c10-4-3(7-11)5-1-2(6-4)9-12-8-1/h11H,(H,5,7,8)(H,6,9,10). The van der Waals surface area contributed by atoms with E-state index in [1.54, 1.807) is 5.48 Å². The Bertz CT molecular complexity index is 459. The van der Waals surface area contributed by atoms with Crippen LogP contribution in [0.4, 0.5) is 5.82 Å². The molecule has 2 aromatic rings. The van der Waals surface area contributed by atoms with Gasteiger partial charge in [-0.15, -0.1) is 0 Å². The summed E-state index contributed by atoms with van der Waals surface area (Å²) in [5.41, 5.74) is 1.27. The van der Waals surface area contributed by atoms with Gasteiger partial charge in [0.05, 0.1) is 0 Å². The van der Waals surface area contributed by atoms with Gasteiger partial charge in [-0.05, 0) is 10.3 Å². The smallest absolute Gasteiger partial charge is 0.294 e. The zero-order chi connectivity index (χ0) is 8.55. The Morgan fingerprint density at radius 3 is 3.08 bits per heavy atom. The molecule has 0 fully saturated rings. The second-order valence-electron chi connectivity index (χ2n) is 1.96. The number of rotatable bonds is 1. The first-order valence-corrected chi connectivity index (χ1v) is 2.94. The lowest BCUT2D eigenvalue weighted by Crippen LogP contribution is -2.13. The van der Waals surface area contributed by atoms with Crippen molar-refractivity contribution in [2.75, 3.05) is 5.48 Å². The lowest BCUT2D eigenvalue weighted by Gasteiger charge is -1.92. The highest BCUT2D eigenvalue weighted by atomic mass is 16.6. The van der Waals surface area contributed by atoms with Crippen LogP contribution >= 0.6 is 0 Å². The Labute approximate surface area is 64.1 Å². The number of hydrogen-bond donors (Lipinski definition) is 3.